The van der Waals surface area contributed by atoms with E-state index in [4.69, 9.17) is 4.74 Å². The highest BCUT2D eigenvalue weighted by atomic mass is 16.5. The van der Waals surface area contributed by atoms with Gasteiger partial charge in [-0.05, 0) is 5.56 Å². The molecule has 3 heteroatoms. The summed E-state index contributed by atoms with van der Waals surface area (Å²) in [6.07, 6.45) is 1.85. The van der Waals surface area contributed by atoms with E-state index in [2.05, 4.69) is 10.3 Å². The van der Waals surface area contributed by atoms with Crippen LogP contribution in [-0.4, -0.2) is 18.6 Å². The summed E-state index contributed by atoms with van der Waals surface area (Å²) in [5.74, 6) is 0.675. The maximum absolute atomic E-state index is 4.94. The molecule has 1 aromatic rings. The molecule has 1 atom stereocenters. The number of methoxy groups -OCH3 is 1. The molecule has 0 spiro atoms. The molecule has 1 saturated heterocycles. The van der Waals surface area contributed by atoms with E-state index in [0.717, 1.165) is 6.54 Å². The van der Waals surface area contributed by atoms with Gasteiger partial charge in [-0.25, -0.2) is 4.98 Å². The second kappa shape index (κ2) is 2.51. The average molecular weight is 150 g/mol. The van der Waals surface area contributed by atoms with Crippen LogP contribution in [0.1, 0.15) is 11.6 Å². The Hall–Kier alpha value is -1.09. The van der Waals surface area contributed by atoms with Crippen molar-refractivity contribution in [3.63, 3.8) is 0 Å². The normalized spacial score (nSPS) is 21.4. The second-order valence-electron chi connectivity index (χ2n) is 2.59. The van der Waals surface area contributed by atoms with Gasteiger partial charge >= 0.3 is 0 Å². The molecule has 1 aromatic heterocycles. The molecule has 58 valence electrons. The zero-order valence-corrected chi connectivity index (χ0v) is 6.37. The molecule has 1 N–H and O–H groups in total. The molecule has 0 unspecified atom stereocenters. The molecule has 0 aliphatic carbocycles. The highest BCUT2D eigenvalue weighted by Crippen LogP contribution is 2.21. The van der Waals surface area contributed by atoms with E-state index in [1.54, 1.807) is 7.11 Å². The molecule has 2 rings (SSSR count). The summed E-state index contributed by atoms with van der Waals surface area (Å²) in [6.45, 7) is 1.08. The molecule has 2 heterocycles. The molecule has 1 fully saturated rings. The fraction of sp³-hybridized carbons (Fsp3) is 0.375. The van der Waals surface area contributed by atoms with Crippen molar-refractivity contribution < 1.29 is 4.74 Å². The van der Waals surface area contributed by atoms with Gasteiger partial charge in [0.25, 0.3) is 0 Å². The number of aromatic nitrogens is 1. The van der Waals surface area contributed by atoms with Crippen LogP contribution in [0, 0.1) is 0 Å². The lowest BCUT2D eigenvalue weighted by atomic mass is 10.2. The lowest BCUT2D eigenvalue weighted by Crippen LogP contribution is -1.89. The lowest BCUT2D eigenvalue weighted by molar-refractivity contribution is 0.397. The average Bonchev–Trinajstić information content (AvgIpc) is 2.87. The van der Waals surface area contributed by atoms with E-state index in [1.807, 2.05) is 18.3 Å². The first kappa shape index (κ1) is 6.61. The van der Waals surface area contributed by atoms with Crippen LogP contribution < -0.4 is 10.1 Å². The van der Waals surface area contributed by atoms with Gasteiger partial charge in [-0.3, -0.25) is 0 Å². The second-order valence-corrected chi connectivity index (χ2v) is 2.59. The largest absolute Gasteiger partial charge is 0.481 e. The van der Waals surface area contributed by atoms with Crippen LogP contribution in [0.5, 0.6) is 5.88 Å². The molecule has 0 bridgehead atoms. The molecule has 1 aliphatic heterocycles. The maximum atomic E-state index is 4.94. The summed E-state index contributed by atoms with van der Waals surface area (Å²) in [6, 6.07) is 4.46. The lowest BCUT2D eigenvalue weighted by Gasteiger charge is -1.98. The van der Waals surface area contributed by atoms with Crippen LogP contribution in [0.25, 0.3) is 0 Å². The number of hydrogen-bond acceptors (Lipinski definition) is 3. The monoisotopic (exact) mass is 150 g/mol. The van der Waals surface area contributed by atoms with Crippen LogP contribution in [0.2, 0.25) is 0 Å². The minimum Gasteiger partial charge on any atom is -0.481 e. The van der Waals surface area contributed by atoms with E-state index in [0.29, 0.717) is 11.9 Å². The zero-order valence-electron chi connectivity index (χ0n) is 6.37. The third kappa shape index (κ3) is 1.33. The van der Waals surface area contributed by atoms with Crippen LogP contribution in [0.3, 0.4) is 0 Å². The van der Waals surface area contributed by atoms with Gasteiger partial charge in [0.05, 0.1) is 7.11 Å². The molecule has 0 aromatic carbocycles. The van der Waals surface area contributed by atoms with Crippen molar-refractivity contribution in [3.05, 3.63) is 23.9 Å². The van der Waals surface area contributed by atoms with Crippen molar-refractivity contribution in [1.82, 2.24) is 10.3 Å². The van der Waals surface area contributed by atoms with E-state index in [9.17, 15) is 0 Å². The van der Waals surface area contributed by atoms with Gasteiger partial charge in [-0.1, -0.05) is 6.07 Å². The van der Waals surface area contributed by atoms with Crippen LogP contribution in [0.15, 0.2) is 18.3 Å². The van der Waals surface area contributed by atoms with Gasteiger partial charge in [0, 0.05) is 24.8 Å². The number of rotatable bonds is 2. The summed E-state index contributed by atoms with van der Waals surface area (Å²) in [4.78, 5) is 4.10. The summed E-state index contributed by atoms with van der Waals surface area (Å²) in [5, 5.41) is 3.21. The van der Waals surface area contributed by atoms with Crippen LogP contribution >= 0.6 is 0 Å². The van der Waals surface area contributed by atoms with E-state index in [1.165, 1.54) is 5.56 Å². The summed E-state index contributed by atoms with van der Waals surface area (Å²) >= 11 is 0. The number of hydrogen-bond donors (Lipinski definition) is 1. The summed E-state index contributed by atoms with van der Waals surface area (Å²) in [5.41, 5.74) is 1.24. The van der Waals surface area contributed by atoms with Crippen LogP contribution in [-0.2, 0) is 0 Å². The van der Waals surface area contributed by atoms with E-state index >= 15 is 0 Å². The Balaban J connectivity index is 2.19. The molecule has 1 aliphatic rings. The smallest absolute Gasteiger partial charge is 0.212 e. The molecule has 0 radical (unpaired) electrons. The van der Waals surface area contributed by atoms with Crippen LogP contribution in [0.4, 0.5) is 0 Å². The van der Waals surface area contributed by atoms with Gasteiger partial charge < -0.3 is 10.1 Å². The number of nitrogens with one attached hydrogen (secondary N) is 1. The number of pyridine rings is 1. The van der Waals surface area contributed by atoms with Crippen molar-refractivity contribution in [2.24, 2.45) is 0 Å². The summed E-state index contributed by atoms with van der Waals surface area (Å²) in [7, 11) is 1.62. The Morgan fingerprint density at radius 1 is 1.64 bits per heavy atom. The molecule has 11 heavy (non-hydrogen) atoms. The number of nitrogens with zero attached hydrogens (tertiary/aromatic N) is 1. The first-order chi connectivity index (χ1) is 5.40. The number of ether oxygens (including phenoxy) is 1. The first-order valence-electron chi connectivity index (χ1n) is 3.63. The van der Waals surface area contributed by atoms with E-state index in [-0.39, 0.29) is 0 Å². The van der Waals surface area contributed by atoms with Gasteiger partial charge in [0.15, 0.2) is 0 Å². The molecular weight excluding hydrogens is 140 g/mol. The highest BCUT2D eigenvalue weighted by molar-refractivity contribution is 5.23. The molecule has 0 saturated carbocycles. The van der Waals surface area contributed by atoms with E-state index < -0.39 is 0 Å². The van der Waals surface area contributed by atoms with Gasteiger partial charge in [-0.15, -0.1) is 0 Å². The zero-order chi connectivity index (χ0) is 7.68. The van der Waals surface area contributed by atoms with Crippen molar-refractivity contribution in [3.8, 4) is 5.88 Å². The Labute approximate surface area is 65.4 Å². The Bertz CT molecular complexity index is 241. The fourth-order valence-corrected chi connectivity index (χ4v) is 1.01. The minimum absolute atomic E-state index is 0.536. The standard InChI is InChI=1S/C8H10N2O/c1-11-8-3-2-6(4-10-8)7-5-9-7/h2-4,7,9H,5H2,1H3/t7-/m1/s1. The fourth-order valence-electron chi connectivity index (χ4n) is 1.01. The highest BCUT2D eigenvalue weighted by Gasteiger charge is 2.21. The van der Waals surface area contributed by atoms with Crippen molar-refractivity contribution in [1.29, 1.82) is 0 Å². The summed E-state index contributed by atoms with van der Waals surface area (Å²) < 4.78 is 4.94. The SMILES string of the molecule is COc1ccc([C@H]2CN2)cn1. The Kier molecular flexibility index (Phi) is 1.51. The van der Waals surface area contributed by atoms with Crippen molar-refractivity contribution >= 4 is 0 Å². The quantitative estimate of drug-likeness (QED) is 0.632. The topological polar surface area (TPSA) is 44.1 Å². The van der Waals surface area contributed by atoms with Gasteiger partial charge in [0.2, 0.25) is 5.88 Å². The Morgan fingerprint density at radius 2 is 2.45 bits per heavy atom. The predicted octanol–water partition coefficient (Wildman–Crippen LogP) is 0.734. The van der Waals surface area contributed by atoms with Gasteiger partial charge in [-0.2, -0.15) is 0 Å². The molecule has 0 amide bonds. The minimum atomic E-state index is 0.536. The third-order valence-corrected chi connectivity index (χ3v) is 1.78. The van der Waals surface area contributed by atoms with Crippen molar-refractivity contribution in [2.75, 3.05) is 13.7 Å². The predicted molar refractivity (Wildman–Crippen MR) is 41.5 cm³/mol. The Morgan fingerprint density at radius 3 is 2.91 bits per heavy atom. The first-order valence-corrected chi connectivity index (χ1v) is 3.63. The third-order valence-electron chi connectivity index (χ3n) is 1.78. The molecular formula is C8H10N2O. The van der Waals surface area contributed by atoms with Crippen molar-refractivity contribution in [2.45, 2.75) is 6.04 Å². The molecule has 3 nitrogen and oxygen atoms in total. The maximum Gasteiger partial charge on any atom is 0.212 e. The van der Waals surface area contributed by atoms with Gasteiger partial charge in [0.1, 0.15) is 0 Å².